The Labute approximate surface area is 148 Å². The normalized spacial score (nSPS) is 20.4. The molecule has 1 N–H and O–H groups in total. The summed E-state index contributed by atoms with van der Waals surface area (Å²) in [7, 11) is 0. The highest BCUT2D eigenvalue weighted by Crippen LogP contribution is 2.30. The Morgan fingerprint density at radius 1 is 1.04 bits per heavy atom. The Hall–Kier alpha value is -2.62. The molecule has 0 saturated carbocycles. The molecule has 1 aliphatic rings. The van der Waals surface area contributed by atoms with Crippen molar-refractivity contribution in [2.45, 2.75) is 44.8 Å². The van der Waals surface area contributed by atoms with Crippen molar-refractivity contribution in [3.8, 4) is 0 Å². The van der Waals surface area contributed by atoms with E-state index in [1.807, 2.05) is 67.6 Å². The number of benzene rings is 2. The van der Waals surface area contributed by atoms with E-state index in [-0.39, 0.29) is 11.8 Å². The van der Waals surface area contributed by atoms with Crippen LogP contribution in [0.1, 0.15) is 37.3 Å². The zero-order valence-electron chi connectivity index (χ0n) is 14.6. The fourth-order valence-electron chi connectivity index (χ4n) is 3.36. The van der Waals surface area contributed by atoms with Gasteiger partial charge in [0.05, 0.1) is 0 Å². The molecular weight excluding hydrogens is 312 g/mol. The number of piperidine rings is 1. The predicted octanol–water partition coefficient (Wildman–Crippen LogP) is 3.27. The van der Waals surface area contributed by atoms with Crippen molar-refractivity contribution in [2.24, 2.45) is 0 Å². The second kappa shape index (κ2) is 7.51. The zero-order valence-corrected chi connectivity index (χ0v) is 14.6. The first-order chi connectivity index (χ1) is 12.1. The summed E-state index contributed by atoms with van der Waals surface area (Å²) < 4.78 is 0. The highest BCUT2D eigenvalue weighted by atomic mass is 16.2. The molecule has 1 heterocycles. The third kappa shape index (κ3) is 3.90. The van der Waals surface area contributed by atoms with Crippen molar-refractivity contribution in [1.29, 1.82) is 0 Å². The summed E-state index contributed by atoms with van der Waals surface area (Å²) in [6.07, 6.45) is 1.94. The van der Waals surface area contributed by atoms with Crippen LogP contribution in [0.5, 0.6) is 0 Å². The van der Waals surface area contributed by atoms with E-state index in [4.69, 9.17) is 0 Å². The molecule has 4 nitrogen and oxygen atoms in total. The Morgan fingerprint density at radius 2 is 1.64 bits per heavy atom. The Bertz CT molecular complexity index is 730. The summed E-state index contributed by atoms with van der Waals surface area (Å²) in [5, 5.41) is 3.01. The van der Waals surface area contributed by atoms with Crippen LogP contribution in [0, 0.1) is 0 Å². The second-order valence-corrected chi connectivity index (χ2v) is 6.76. The van der Waals surface area contributed by atoms with Crippen LogP contribution in [-0.2, 0) is 22.7 Å². The van der Waals surface area contributed by atoms with Crippen LogP contribution >= 0.6 is 0 Å². The molecule has 1 saturated heterocycles. The maximum atomic E-state index is 12.9. The van der Waals surface area contributed by atoms with E-state index < -0.39 is 5.54 Å². The van der Waals surface area contributed by atoms with E-state index in [2.05, 4.69) is 5.32 Å². The van der Waals surface area contributed by atoms with Crippen LogP contribution in [-0.4, -0.2) is 22.3 Å². The van der Waals surface area contributed by atoms with Gasteiger partial charge in [0.2, 0.25) is 11.8 Å². The third-order valence-corrected chi connectivity index (χ3v) is 4.92. The number of amides is 2. The maximum Gasteiger partial charge on any atom is 0.245 e. The average Bonchev–Trinajstić information content (AvgIpc) is 2.64. The van der Waals surface area contributed by atoms with Gasteiger partial charge < -0.3 is 10.2 Å². The average molecular weight is 336 g/mol. The van der Waals surface area contributed by atoms with Crippen LogP contribution in [0.4, 0.5) is 0 Å². The van der Waals surface area contributed by atoms with Crippen LogP contribution < -0.4 is 5.32 Å². The van der Waals surface area contributed by atoms with Gasteiger partial charge in [-0.05, 0) is 30.9 Å². The van der Waals surface area contributed by atoms with Crippen LogP contribution in [0.2, 0.25) is 0 Å². The van der Waals surface area contributed by atoms with Gasteiger partial charge in [-0.15, -0.1) is 0 Å². The molecule has 3 rings (SSSR count). The molecule has 0 radical (unpaired) electrons. The van der Waals surface area contributed by atoms with Crippen LogP contribution in [0.25, 0.3) is 0 Å². The molecule has 25 heavy (non-hydrogen) atoms. The van der Waals surface area contributed by atoms with E-state index in [1.54, 1.807) is 4.90 Å². The highest BCUT2D eigenvalue weighted by Gasteiger charge is 2.44. The minimum absolute atomic E-state index is 0.0486. The maximum absolute atomic E-state index is 12.9. The highest BCUT2D eigenvalue weighted by molar-refractivity contribution is 5.92. The van der Waals surface area contributed by atoms with Crippen molar-refractivity contribution in [1.82, 2.24) is 10.2 Å². The number of carbonyl (C=O) groups is 2. The molecule has 2 aromatic carbocycles. The number of likely N-dealkylation sites (tertiary alicyclic amines) is 1. The van der Waals surface area contributed by atoms with Crippen molar-refractivity contribution in [3.63, 3.8) is 0 Å². The third-order valence-electron chi connectivity index (χ3n) is 4.92. The summed E-state index contributed by atoms with van der Waals surface area (Å²) in [4.78, 5) is 27.2. The molecule has 0 spiro atoms. The van der Waals surface area contributed by atoms with Crippen LogP contribution in [0.15, 0.2) is 60.7 Å². The number of nitrogens with zero attached hydrogens (tertiary/aromatic N) is 1. The molecule has 1 unspecified atom stereocenters. The first-order valence-electron chi connectivity index (χ1n) is 8.76. The fourth-order valence-corrected chi connectivity index (χ4v) is 3.36. The molecular formula is C21H24N2O2. The molecule has 0 aromatic heterocycles. The summed E-state index contributed by atoms with van der Waals surface area (Å²) in [5.41, 5.74) is 1.29. The Morgan fingerprint density at radius 3 is 2.28 bits per heavy atom. The van der Waals surface area contributed by atoms with E-state index in [1.165, 1.54) is 0 Å². The lowest BCUT2D eigenvalue weighted by molar-refractivity contribution is -0.152. The summed E-state index contributed by atoms with van der Waals surface area (Å²) in [6, 6.07) is 19.7. The van der Waals surface area contributed by atoms with Crippen LogP contribution in [0.3, 0.4) is 0 Å². The lowest BCUT2D eigenvalue weighted by Gasteiger charge is -2.43. The molecule has 0 aliphatic carbocycles. The SMILES string of the molecule is CC1(C(=O)NCc2ccccc2)CCCC(=O)N1Cc1ccccc1. The Balaban J connectivity index is 1.75. The first kappa shape index (κ1) is 17.2. The molecule has 1 atom stereocenters. The minimum atomic E-state index is -0.806. The number of rotatable bonds is 5. The number of carbonyl (C=O) groups excluding carboxylic acids is 2. The minimum Gasteiger partial charge on any atom is -0.350 e. The number of nitrogens with one attached hydrogen (secondary N) is 1. The van der Waals surface area contributed by atoms with Gasteiger partial charge in [-0.25, -0.2) is 0 Å². The first-order valence-corrected chi connectivity index (χ1v) is 8.76. The largest absolute Gasteiger partial charge is 0.350 e. The van der Waals surface area contributed by atoms with Gasteiger partial charge in [-0.3, -0.25) is 9.59 Å². The zero-order chi connectivity index (χ0) is 17.7. The van der Waals surface area contributed by atoms with Crippen molar-refractivity contribution in [3.05, 3.63) is 71.8 Å². The topological polar surface area (TPSA) is 49.4 Å². The molecule has 1 aliphatic heterocycles. The fraction of sp³-hybridized carbons (Fsp3) is 0.333. The number of hydrogen-bond donors (Lipinski definition) is 1. The number of hydrogen-bond acceptors (Lipinski definition) is 2. The molecule has 4 heteroatoms. The van der Waals surface area contributed by atoms with Gasteiger partial charge >= 0.3 is 0 Å². The van der Waals surface area contributed by atoms with Gasteiger partial charge in [0.1, 0.15) is 5.54 Å². The van der Waals surface area contributed by atoms with E-state index in [0.717, 1.165) is 17.5 Å². The molecule has 2 amide bonds. The Kier molecular flexibility index (Phi) is 5.17. The van der Waals surface area contributed by atoms with Gasteiger partial charge in [0.15, 0.2) is 0 Å². The van der Waals surface area contributed by atoms with Crippen molar-refractivity contribution in [2.75, 3.05) is 0 Å². The summed E-state index contributed by atoms with van der Waals surface area (Å²) in [6.45, 7) is 2.82. The molecule has 2 aromatic rings. The predicted molar refractivity (Wildman–Crippen MR) is 97.5 cm³/mol. The van der Waals surface area contributed by atoms with Gasteiger partial charge in [-0.2, -0.15) is 0 Å². The quantitative estimate of drug-likeness (QED) is 0.911. The van der Waals surface area contributed by atoms with Crippen molar-refractivity contribution < 1.29 is 9.59 Å². The van der Waals surface area contributed by atoms with Gasteiger partial charge in [-0.1, -0.05) is 60.7 Å². The molecule has 1 fully saturated rings. The standard InChI is InChI=1S/C21H24N2O2/c1-21(20(25)22-15-17-9-4-2-5-10-17)14-8-13-19(24)23(21)16-18-11-6-3-7-12-18/h2-7,9-12H,8,13-16H2,1H3,(H,22,25). The summed E-state index contributed by atoms with van der Waals surface area (Å²) in [5.74, 6) is -0.0344. The van der Waals surface area contributed by atoms with Crippen molar-refractivity contribution >= 4 is 11.8 Å². The van der Waals surface area contributed by atoms with E-state index in [0.29, 0.717) is 25.9 Å². The smallest absolute Gasteiger partial charge is 0.245 e. The summed E-state index contributed by atoms with van der Waals surface area (Å²) >= 11 is 0. The van der Waals surface area contributed by atoms with Gasteiger partial charge in [0, 0.05) is 19.5 Å². The molecule has 0 bridgehead atoms. The lowest BCUT2D eigenvalue weighted by Crippen LogP contribution is -2.60. The monoisotopic (exact) mass is 336 g/mol. The second-order valence-electron chi connectivity index (χ2n) is 6.76. The molecule has 130 valence electrons. The van der Waals surface area contributed by atoms with E-state index in [9.17, 15) is 9.59 Å². The van der Waals surface area contributed by atoms with E-state index >= 15 is 0 Å². The lowest BCUT2D eigenvalue weighted by atomic mass is 9.86. The van der Waals surface area contributed by atoms with Gasteiger partial charge in [0.25, 0.3) is 0 Å².